The average Bonchev–Trinajstić information content (AvgIpc) is 2.70. The highest BCUT2D eigenvalue weighted by Crippen LogP contribution is 2.16. The maximum Gasteiger partial charge on any atom is 0.243 e. The third-order valence-corrected chi connectivity index (χ3v) is 4.19. The van der Waals surface area contributed by atoms with Gasteiger partial charge in [0.05, 0.1) is 13.2 Å². The number of rotatable bonds is 8. The van der Waals surface area contributed by atoms with Crippen molar-refractivity contribution in [2.45, 2.75) is 6.42 Å². The van der Waals surface area contributed by atoms with Crippen molar-refractivity contribution in [2.24, 2.45) is 0 Å². The van der Waals surface area contributed by atoms with E-state index in [-0.39, 0.29) is 12.5 Å². The maximum atomic E-state index is 12.0. The summed E-state index contributed by atoms with van der Waals surface area (Å²) < 4.78 is 5.76. The van der Waals surface area contributed by atoms with E-state index in [0.717, 1.165) is 17.9 Å². The Bertz CT molecular complexity index is 850. The predicted octanol–water partition coefficient (Wildman–Crippen LogP) is 5.01. The summed E-state index contributed by atoms with van der Waals surface area (Å²) in [5, 5.41) is 6.54. The van der Waals surface area contributed by atoms with Crippen LogP contribution in [0.15, 0.2) is 78.9 Å². The van der Waals surface area contributed by atoms with Crippen molar-refractivity contribution in [1.29, 1.82) is 0 Å². The molecule has 27 heavy (non-hydrogen) atoms. The molecule has 3 rings (SSSR count). The molecule has 5 heteroatoms. The van der Waals surface area contributed by atoms with Crippen molar-refractivity contribution < 1.29 is 9.53 Å². The predicted molar refractivity (Wildman–Crippen MR) is 111 cm³/mol. The summed E-state index contributed by atoms with van der Waals surface area (Å²) in [5.74, 6) is 0.683. The van der Waals surface area contributed by atoms with Gasteiger partial charge in [-0.1, -0.05) is 41.9 Å². The van der Waals surface area contributed by atoms with E-state index in [9.17, 15) is 4.79 Å². The first-order valence-electron chi connectivity index (χ1n) is 8.75. The van der Waals surface area contributed by atoms with Gasteiger partial charge in [0.1, 0.15) is 5.75 Å². The van der Waals surface area contributed by atoms with E-state index in [1.54, 1.807) is 24.3 Å². The lowest BCUT2D eigenvalue weighted by Crippen LogP contribution is -2.21. The number of halogens is 1. The molecule has 0 heterocycles. The van der Waals surface area contributed by atoms with E-state index in [1.807, 2.05) is 42.5 Å². The normalized spacial score (nSPS) is 10.3. The van der Waals surface area contributed by atoms with Gasteiger partial charge in [0, 0.05) is 22.8 Å². The van der Waals surface area contributed by atoms with E-state index >= 15 is 0 Å². The molecule has 4 nitrogen and oxygen atoms in total. The van der Waals surface area contributed by atoms with Crippen molar-refractivity contribution >= 4 is 28.9 Å². The lowest BCUT2D eigenvalue weighted by Gasteiger charge is -2.10. The third kappa shape index (κ3) is 6.35. The van der Waals surface area contributed by atoms with Crippen molar-refractivity contribution in [1.82, 2.24) is 0 Å². The Balaban J connectivity index is 1.40. The molecule has 0 saturated carbocycles. The summed E-state index contributed by atoms with van der Waals surface area (Å²) in [4.78, 5) is 12.0. The van der Waals surface area contributed by atoms with E-state index in [0.29, 0.717) is 17.3 Å². The first kappa shape index (κ1) is 18.8. The number of anilines is 2. The second-order valence-electron chi connectivity index (χ2n) is 6.02. The van der Waals surface area contributed by atoms with Gasteiger partial charge in [-0.3, -0.25) is 4.79 Å². The summed E-state index contributed by atoms with van der Waals surface area (Å²) in [6.07, 6.45) is 0.867. The fourth-order valence-corrected chi connectivity index (χ4v) is 2.65. The molecule has 0 saturated heterocycles. The highest BCUT2D eigenvalue weighted by molar-refractivity contribution is 6.30. The Morgan fingerprint density at radius 3 is 2.22 bits per heavy atom. The molecule has 0 spiro atoms. The molecule has 1 amide bonds. The van der Waals surface area contributed by atoms with Crippen LogP contribution in [0, 0.1) is 0 Å². The summed E-state index contributed by atoms with van der Waals surface area (Å²) in [5.41, 5.74) is 2.83. The quantitative estimate of drug-likeness (QED) is 0.577. The van der Waals surface area contributed by atoms with Gasteiger partial charge >= 0.3 is 0 Å². The summed E-state index contributed by atoms with van der Waals surface area (Å²) in [6.45, 7) is 0.803. The second-order valence-corrected chi connectivity index (χ2v) is 6.45. The number of ether oxygens (including phenoxy) is 1. The Kier molecular flexibility index (Phi) is 6.72. The van der Waals surface area contributed by atoms with Crippen LogP contribution in [-0.2, 0) is 11.2 Å². The molecule has 0 radical (unpaired) electrons. The number of nitrogens with one attached hydrogen (secondary N) is 2. The van der Waals surface area contributed by atoms with Crippen LogP contribution in [0.4, 0.5) is 11.4 Å². The van der Waals surface area contributed by atoms with E-state index < -0.39 is 0 Å². The number of carbonyl (C=O) groups is 1. The van der Waals surface area contributed by atoms with Gasteiger partial charge in [-0.05, 0) is 54.1 Å². The highest BCUT2D eigenvalue weighted by atomic mass is 35.5. The molecule has 2 N–H and O–H groups in total. The fourth-order valence-electron chi connectivity index (χ4n) is 2.52. The molecule has 0 aromatic heterocycles. The summed E-state index contributed by atoms with van der Waals surface area (Å²) in [7, 11) is 0. The summed E-state index contributed by atoms with van der Waals surface area (Å²) in [6, 6.07) is 24.8. The molecular formula is C22H21ClN2O2. The molecule has 0 aliphatic carbocycles. The fraction of sp³-hybridized carbons (Fsp3) is 0.136. The van der Waals surface area contributed by atoms with Crippen LogP contribution in [0.1, 0.15) is 5.56 Å². The van der Waals surface area contributed by atoms with Crippen LogP contribution in [0.5, 0.6) is 5.75 Å². The molecule has 3 aromatic rings. The Morgan fingerprint density at radius 2 is 1.52 bits per heavy atom. The second kappa shape index (κ2) is 9.64. The minimum atomic E-state index is -0.125. The van der Waals surface area contributed by atoms with Crippen LogP contribution in [0.2, 0.25) is 5.02 Å². The van der Waals surface area contributed by atoms with Gasteiger partial charge in [0.25, 0.3) is 0 Å². The lowest BCUT2D eigenvalue weighted by molar-refractivity contribution is -0.114. The van der Waals surface area contributed by atoms with Gasteiger partial charge in [0.2, 0.25) is 5.91 Å². The van der Waals surface area contributed by atoms with Crippen LogP contribution in [-0.4, -0.2) is 19.1 Å². The van der Waals surface area contributed by atoms with Crippen LogP contribution in [0.25, 0.3) is 0 Å². The number of amides is 1. The highest BCUT2D eigenvalue weighted by Gasteiger charge is 2.03. The SMILES string of the molecule is O=C(CNc1ccc(OCCc2ccccc2)cc1)Nc1ccc(Cl)cc1. The first-order chi connectivity index (χ1) is 13.2. The monoisotopic (exact) mass is 380 g/mol. The van der Waals surface area contributed by atoms with Gasteiger partial charge < -0.3 is 15.4 Å². The molecule has 0 aliphatic heterocycles. The molecule has 138 valence electrons. The zero-order chi connectivity index (χ0) is 18.9. The molecule has 3 aromatic carbocycles. The first-order valence-corrected chi connectivity index (χ1v) is 9.13. The van der Waals surface area contributed by atoms with Gasteiger partial charge in [0.15, 0.2) is 0 Å². The molecule has 0 aliphatic rings. The topological polar surface area (TPSA) is 50.4 Å². The van der Waals surface area contributed by atoms with Crippen LogP contribution >= 0.6 is 11.6 Å². The Morgan fingerprint density at radius 1 is 0.852 bits per heavy atom. The van der Waals surface area contributed by atoms with E-state index in [2.05, 4.69) is 22.8 Å². The summed E-state index contributed by atoms with van der Waals surface area (Å²) >= 11 is 5.83. The number of benzene rings is 3. The minimum Gasteiger partial charge on any atom is -0.493 e. The lowest BCUT2D eigenvalue weighted by atomic mass is 10.2. The molecule has 0 fully saturated rings. The maximum absolute atomic E-state index is 12.0. The van der Waals surface area contributed by atoms with E-state index in [4.69, 9.17) is 16.3 Å². The third-order valence-electron chi connectivity index (χ3n) is 3.94. The number of hydrogen-bond acceptors (Lipinski definition) is 3. The Labute approximate surface area is 164 Å². The largest absolute Gasteiger partial charge is 0.493 e. The zero-order valence-electron chi connectivity index (χ0n) is 14.8. The zero-order valence-corrected chi connectivity index (χ0v) is 15.6. The standard InChI is InChI=1S/C22H21ClN2O2/c23-18-6-8-20(9-7-18)25-22(26)16-24-19-10-12-21(13-11-19)27-15-14-17-4-2-1-3-5-17/h1-13,24H,14-16H2,(H,25,26). The smallest absolute Gasteiger partial charge is 0.243 e. The van der Waals surface area contributed by atoms with Gasteiger partial charge in [-0.15, -0.1) is 0 Å². The number of carbonyl (C=O) groups excluding carboxylic acids is 1. The van der Waals surface area contributed by atoms with Crippen molar-refractivity contribution in [3.05, 3.63) is 89.4 Å². The minimum absolute atomic E-state index is 0.125. The molecule has 0 unspecified atom stereocenters. The van der Waals surface area contributed by atoms with Crippen molar-refractivity contribution in [3.63, 3.8) is 0 Å². The van der Waals surface area contributed by atoms with E-state index in [1.165, 1.54) is 5.56 Å². The van der Waals surface area contributed by atoms with Gasteiger partial charge in [-0.2, -0.15) is 0 Å². The molecular weight excluding hydrogens is 360 g/mol. The van der Waals surface area contributed by atoms with Crippen LogP contribution in [0.3, 0.4) is 0 Å². The Hall–Kier alpha value is -2.98. The van der Waals surface area contributed by atoms with Crippen LogP contribution < -0.4 is 15.4 Å². The average molecular weight is 381 g/mol. The van der Waals surface area contributed by atoms with Gasteiger partial charge in [-0.25, -0.2) is 0 Å². The van der Waals surface area contributed by atoms with Crippen molar-refractivity contribution in [3.8, 4) is 5.75 Å². The molecule has 0 atom stereocenters. The number of hydrogen-bond donors (Lipinski definition) is 2. The molecule has 0 bridgehead atoms. The van der Waals surface area contributed by atoms with Crippen molar-refractivity contribution in [2.75, 3.05) is 23.8 Å².